The van der Waals surface area contributed by atoms with Gasteiger partial charge in [0.1, 0.15) is 0 Å². The number of carbonyl (C=O) groups excluding carboxylic acids is 1. The first-order chi connectivity index (χ1) is 10.6. The zero-order chi connectivity index (χ0) is 15.5. The monoisotopic (exact) mass is 294 g/mol. The van der Waals surface area contributed by atoms with E-state index in [0.717, 1.165) is 24.3 Å². The SMILES string of the molecule is CN(C)c1ccc(C(=O)N=Nc2ccc3c(c2)NCC3)cc1. The van der Waals surface area contributed by atoms with Gasteiger partial charge >= 0.3 is 0 Å². The molecule has 1 aliphatic heterocycles. The molecule has 22 heavy (non-hydrogen) atoms. The zero-order valence-corrected chi connectivity index (χ0v) is 12.7. The Morgan fingerprint density at radius 3 is 2.64 bits per heavy atom. The number of fused-ring (bicyclic) bond motifs is 1. The van der Waals surface area contributed by atoms with Crippen molar-refractivity contribution < 1.29 is 4.79 Å². The van der Waals surface area contributed by atoms with Crippen LogP contribution in [0.4, 0.5) is 17.1 Å². The number of rotatable bonds is 3. The standard InChI is InChI=1S/C17H18N4O/c1-21(2)15-7-4-13(5-8-15)17(22)20-19-14-6-3-12-9-10-18-16(12)11-14/h3-8,11,18H,9-10H2,1-2H3. The molecule has 0 unspecified atom stereocenters. The summed E-state index contributed by atoms with van der Waals surface area (Å²) in [7, 11) is 3.91. The Kier molecular flexibility index (Phi) is 3.87. The van der Waals surface area contributed by atoms with Crippen molar-refractivity contribution in [3.05, 3.63) is 53.6 Å². The van der Waals surface area contributed by atoms with Crippen LogP contribution < -0.4 is 10.2 Å². The minimum atomic E-state index is -0.334. The predicted octanol–water partition coefficient (Wildman–Crippen LogP) is 3.64. The number of nitrogens with one attached hydrogen (secondary N) is 1. The van der Waals surface area contributed by atoms with Crippen LogP contribution in [0.15, 0.2) is 52.7 Å². The number of amides is 1. The van der Waals surface area contributed by atoms with Gasteiger partial charge in [-0.1, -0.05) is 6.07 Å². The van der Waals surface area contributed by atoms with Crippen LogP contribution in [0.2, 0.25) is 0 Å². The van der Waals surface area contributed by atoms with Crippen LogP contribution in [0.1, 0.15) is 15.9 Å². The number of hydrogen-bond donors (Lipinski definition) is 1. The number of hydrogen-bond acceptors (Lipinski definition) is 4. The minimum absolute atomic E-state index is 0.334. The lowest BCUT2D eigenvalue weighted by molar-refractivity contribution is 0.0995. The van der Waals surface area contributed by atoms with Gasteiger partial charge in [-0.25, -0.2) is 0 Å². The van der Waals surface area contributed by atoms with Crippen LogP contribution in [0.3, 0.4) is 0 Å². The number of nitrogens with zero attached hydrogens (tertiary/aromatic N) is 3. The summed E-state index contributed by atoms with van der Waals surface area (Å²) in [5.74, 6) is -0.334. The lowest BCUT2D eigenvalue weighted by Crippen LogP contribution is -2.08. The van der Waals surface area contributed by atoms with Gasteiger partial charge in [-0.2, -0.15) is 0 Å². The second-order valence-corrected chi connectivity index (χ2v) is 5.46. The molecule has 3 rings (SSSR count). The summed E-state index contributed by atoms with van der Waals surface area (Å²) in [6, 6.07) is 13.2. The molecule has 1 heterocycles. The number of carbonyl (C=O) groups is 1. The molecular formula is C17H18N4O. The van der Waals surface area contributed by atoms with Crippen molar-refractivity contribution in [2.24, 2.45) is 10.2 Å². The van der Waals surface area contributed by atoms with E-state index in [9.17, 15) is 4.79 Å². The Bertz CT molecular complexity index is 720. The van der Waals surface area contributed by atoms with Gasteiger partial charge in [-0.15, -0.1) is 10.2 Å². The highest BCUT2D eigenvalue weighted by Gasteiger charge is 2.10. The third-order valence-corrected chi connectivity index (χ3v) is 3.69. The van der Waals surface area contributed by atoms with E-state index in [1.807, 2.05) is 49.3 Å². The normalized spacial score (nSPS) is 13.0. The summed E-state index contributed by atoms with van der Waals surface area (Å²) in [4.78, 5) is 14.0. The fraction of sp³-hybridized carbons (Fsp3) is 0.235. The second kappa shape index (κ2) is 5.97. The first kappa shape index (κ1) is 14.3. The molecule has 112 valence electrons. The maximum atomic E-state index is 12.0. The van der Waals surface area contributed by atoms with Gasteiger partial charge in [0.15, 0.2) is 0 Å². The summed E-state index contributed by atoms with van der Waals surface area (Å²) < 4.78 is 0. The van der Waals surface area contributed by atoms with Gasteiger partial charge in [-0.3, -0.25) is 4.79 Å². The Morgan fingerprint density at radius 1 is 1.14 bits per heavy atom. The smallest absolute Gasteiger partial charge is 0.295 e. The summed E-state index contributed by atoms with van der Waals surface area (Å²) >= 11 is 0. The van der Waals surface area contributed by atoms with E-state index in [-0.39, 0.29) is 5.91 Å². The molecule has 1 amide bonds. The third-order valence-electron chi connectivity index (χ3n) is 3.69. The van der Waals surface area contributed by atoms with E-state index in [4.69, 9.17) is 0 Å². The molecule has 2 aromatic rings. The van der Waals surface area contributed by atoms with Crippen LogP contribution in [0.5, 0.6) is 0 Å². The molecule has 0 saturated heterocycles. The van der Waals surface area contributed by atoms with Crippen LogP contribution in [-0.2, 0) is 6.42 Å². The summed E-state index contributed by atoms with van der Waals surface area (Å²) in [6.07, 6.45) is 1.03. The second-order valence-electron chi connectivity index (χ2n) is 5.46. The van der Waals surface area contributed by atoms with Gasteiger partial charge in [0.25, 0.3) is 5.91 Å². The molecule has 0 saturated carbocycles. The molecule has 0 radical (unpaired) electrons. The Labute approximate surface area is 129 Å². The molecule has 5 nitrogen and oxygen atoms in total. The predicted molar refractivity (Wildman–Crippen MR) is 88.3 cm³/mol. The van der Waals surface area contributed by atoms with Crippen molar-refractivity contribution in [1.82, 2.24) is 0 Å². The average Bonchev–Trinajstić information content (AvgIpc) is 3.00. The Hall–Kier alpha value is -2.69. The Morgan fingerprint density at radius 2 is 1.91 bits per heavy atom. The van der Waals surface area contributed by atoms with Gasteiger partial charge in [0, 0.05) is 37.6 Å². The first-order valence-corrected chi connectivity index (χ1v) is 7.24. The molecule has 0 aliphatic carbocycles. The van der Waals surface area contributed by atoms with Crippen molar-refractivity contribution >= 4 is 23.0 Å². The van der Waals surface area contributed by atoms with Gasteiger partial charge in [-0.05, 0) is 48.4 Å². The van der Waals surface area contributed by atoms with E-state index < -0.39 is 0 Å². The largest absolute Gasteiger partial charge is 0.384 e. The lowest BCUT2D eigenvalue weighted by atomic mass is 10.1. The third kappa shape index (κ3) is 2.98. The number of benzene rings is 2. The molecular weight excluding hydrogens is 276 g/mol. The molecule has 0 spiro atoms. The molecule has 1 aliphatic rings. The quantitative estimate of drug-likeness (QED) is 0.879. The van der Waals surface area contributed by atoms with E-state index >= 15 is 0 Å². The summed E-state index contributed by atoms with van der Waals surface area (Å²) in [6.45, 7) is 0.951. The van der Waals surface area contributed by atoms with Crippen LogP contribution in [0, 0.1) is 0 Å². The van der Waals surface area contributed by atoms with E-state index in [2.05, 4.69) is 15.5 Å². The van der Waals surface area contributed by atoms with Crippen molar-refractivity contribution in [3.8, 4) is 0 Å². The molecule has 0 atom stereocenters. The highest BCUT2D eigenvalue weighted by molar-refractivity contribution is 5.95. The summed E-state index contributed by atoms with van der Waals surface area (Å²) in [5.41, 5.74) is 4.63. The molecule has 0 bridgehead atoms. The fourth-order valence-corrected chi connectivity index (χ4v) is 2.40. The Balaban J connectivity index is 1.73. The van der Waals surface area contributed by atoms with Crippen LogP contribution in [0.25, 0.3) is 0 Å². The van der Waals surface area contributed by atoms with E-state index in [1.54, 1.807) is 12.1 Å². The highest BCUT2D eigenvalue weighted by atomic mass is 16.1. The average molecular weight is 294 g/mol. The maximum absolute atomic E-state index is 12.0. The minimum Gasteiger partial charge on any atom is -0.384 e. The highest BCUT2D eigenvalue weighted by Crippen LogP contribution is 2.27. The van der Waals surface area contributed by atoms with Gasteiger partial charge in [0.05, 0.1) is 5.69 Å². The topological polar surface area (TPSA) is 57.1 Å². The molecule has 0 aromatic heterocycles. The van der Waals surface area contributed by atoms with Crippen LogP contribution in [-0.4, -0.2) is 26.5 Å². The molecule has 2 aromatic carbocycles. The molecule has 5 heteroatoms. The van der Waals surface area contributed by atoms with Gasteiger partial charge in [0.2, 0.25) is 0 Å². The lowest BCUT2D eigenvalue weighted by Gasteiger charge is -2.11. The fourth-order valence-electron chi connectivity index (χ4n) is 2.40. The number of azo groups is 1. The maximum Gasteiger partial charge on any atom is 0.295 e. The van der Waals surface area contributed by atoms with E-state index in [0.29, 0.717) is 11.3 Å². The van der Waals surface area contributed by atoms with E-state index in [1.165, 1.54) is 5.56 Å². The molecule has 0 fully saturated rings. The first-order valence-electron chi connectivity index (χ1n) is 7.24. The van der Waals surface area contributed by atoms with Crippen molar-refractivity contribution in [1.29, 1.82) is 0 Å². The van der Waals surface area contributed by atoms with Crippen molar-refractivity contribution in [2.45, 2.75) is 6.42 Å². The molecule has 1 N–H and O–H groups in total. The van der Waals surface area contributed by atoms with Crippen molar-refractivity contribution in [2.75, 3.05) is 30.9 Å². The van der Waals surface area contributed by atoms with Crippen molar-refractivity contribution in [3.63, 3.8) is 0 Å². The van der Waals surface area contributed by atoms with Crippen LogP contribution >= 0.6 is 0 Å². The zero-order valence-electron chi connectivity index (χ0n) is 12.7. The summed E-state index contributed by atoms with van der Waals surface area (Å²) in [5, 5.41) is 11.1. The van der Waals surface area contributed by atoms with Gasteiger partial charge < -0.3 is 10.2 Å². The number of anilines is 2.